The zero-order valence-electron chi connectivity index (χ0n) is 12.2. The molecule has 0 bridgehead atoms. The molecule has 0 aliphatic carbocycles. The van der Waals surface area contributed by atoms with Crippen molar-refractivity contribution in [2.45, 2.75) is 38.6 Å². The van der Waals surface area contributed by atoms with Gasteiger partial charge in [-0.3, -0.25) is 14.9 Å². The summed E-state index contributed by atoms with van der Waals surface area (Å²) >= 11 is 0. The van der Waals surface area contributed by atoms with Crippen LogP contribution in [0.1, 0.15) is 32.6 Å². The molecule has 1 atom stereocenters. The molecule has 1 aromatic carbocycles. The Morgan fingerprint density at radius 3 is 2.90 bits per heavy atom. The maximum Gasteiger partial charge on any atom is 0.310 e. The van der Waals surface area contributed by atoms with Gasteiger partial charge in [0, 0.05) is 18.7 Å². The van der Waals surface area contributed by atoms with Crippen molar-refractivity contribution < 1.29 is 14.5 Å². The highest BCUT2D eigenvalue weighted by atomic mass is 16.6. The van der Waals surface area contributed by atoms with Crippen molar-refractivity contribution in [3.63, 3.8) is 0 Å². The van der Waals surface area contributed by atoms with Crippen molar-refractivity contribution in [1.82, 2.24) is 4.90 Å². The molecule has 1 aliphatic rings. The van der Waals surface area contributed by atoms with E-state index < -0.39 is 4.92 Å². The van der Waals surface area contributed by atoms with Crippen molar-refractivity contribution in [2.75, 3.05) is 13.2 Å². The summed E-state index contributed by atoms with van der Waals surface area (Å²) in [6.45, 7) is 2.66. The second-order valence-corrected chi connectivity index (χ2v) is 5.16. The van der Waals surface area contributed by atoms with E-state index in [9.17, 15) is 14.9 Å². The molecule has 1 aliphatic heterocycles. The van der Waals surface area contributed by atoms with Gasteiger partial charge in [-0.1, -0.05) is 19.1 Å². The Morgan fingerprint density at radius 2 is 2.19 bits per heavy atom. The molecule has 0 spiro atoms. The molecule has 0 radical (unpaired) electrons. The number of ether oxygens (including phenoxy) is 1. The fraction of sp³-hybridized carbons (Fsp3) is 0.533. The Kier molecular flexibility index (Phi) is 5.14. The van der Waals surface area contributed by atoms with Gasteiger partial charge >= 0.3 is 5.69 Å². The van der Waals surface area contributed by atoms with Gasteiger partial charge in [0.05, 0.1) is 4.92 Å². The molecule has 21 heavy (non-hydrogen) atoms. The third-order valence-electron chi connectivity index (χ3n) is 3.83. The molecular formula is C15H20N2O4. The fourth-order valence-electron chi connectivity index (χ4n) is 2.71. The quantitative estimate of drug-likeness (QED) is 0.618. The Bertz CT molecular complexity index is 518. The fourth-order valence-corrected chi connectivity index (χ4v) is 2.71. The normalized spacial score (nSPS) is 18.3. The monoisotopic (exact) mass is 292 g/mol. The van der Waals surface area contributed by atoms with Crippen LogP contribution in [0.3, 0.4) is 0 Å². The lowest BCUT2D eigenvalue weighted by Gasteiger charge is -2.35. The number of nitrogens with zero attached hydrogens (tertiary/aromatic N) is 2. The van der Waals surface area contributed by atoms with Crippen molar-refractivity contribution in [3.05, 3.63) is 34.4 Å². The van der Waals surface area contributed by atoms with Crippen LogP contribution in [0.4, 0.5) is 5.69 Å². The van der Waals surface area contributed by atoms with E-state index in [-0.39, 0.29) is 30.0 Å². The maximum absolute atomic E-state index is 12.3. The van der Waals surface area contributed by atoms with Crippen molar-refractivity contribution in [3.8, 4) is 5.75 Å². The van der Waals surface area contributed by atoms with Crippen molar-refractivity contribution in [1.29, 1.82) is 0 Å². The van der Waals surface area contributed by atoms with Crippen molar-refractivity contribution >= 4 is 11.6 Å². The summed E-state index contributed by atoms with van der Waals surface area (Å²) < 4.78 is 5.37. The summed E-state index contributed by atoms with van der Waals surface area (Å²) in [5, 5.41) is 10.9. The van der Waals surface area contributed by atoms with Crippen LogP contribution in [-0.4, -0.2) is 34.9 Å². The molecule has 1 saturated heterocycles. The second kappa shape index (κ2) is 7.06. The molecule has 0 unspecified atom stereocenters. The summed E-state index contributed by atoms with van der Waals surface area (Å²) in [6.07, 6.45) is 4.10. The highest BCUT2D eigenvalue weighted by molar-refractivity contribution is 5.78. The standard InChI is InChI=1S/C15H20N2O4/c1-2-12-7-5-6-10-16(12)15(18)11-21-14-9-4-3-8-13(14)17(19)20/h3-4,8-9,12H,2,5-7,10-11H2,1H3/t12-/m1/s1. The number of piperidine rings is 1. The number of hydrogen-bond donors (Lipinski definition) is 0. The van der Waals surface area contributed by atoms with E-state index >= 15 is 0 Å². The highest BCUT2D eigenvalue weighted by Crippen LogP contribution is 2.26. The van der Waals surface area contributed by atoms with Crippen LogP contribution < -0.4 is 4.74 Å². The van der Waals surface area contributed by atoms with Gasteiger partial charge in [-0.2, -0.15) is 0 Å². The van der Waals surface area contributed by atoms with Crippen LogP contribution in [0.15, 0.2) is 24.3 Å². The van der Waals surface area contributed by atoms with Crippen LogP contribution in [0.5, 0.6) is 5.75 Å². The molecule has 1 amide bonds. The Labute approximate surface area is 123 Å². The van der Waals surface area contributed by atoms with Gasteiger partial charge < -0.3 is 9.64 Å². The third-order valence-corrected chi connectivity index (χ3v) is 3.83. The van der Waals surface area contributed by atoms with Crippen LogP contribution in [0, 0.1) is 10.1 Å². The van der Waals surface area contributed by atoms with E-state index in [0.29, 0.717) is 0 Å². The largest absolute Gasteiger partial charge is 0.477 e. The Morgan fingerprint density at radius 1 is 1.43 bits per heavy atom. The van der Waals surface area contributed by atoms with E-state index in [0.717, 1.165) is 32.2 Å². The minimum atomic E-state index is -0.504. The minimum absolute atomic E-state index is 0.0975. The van der Waals surface area contributed by atoms with E-state index in [1.165, 1.54) is 12.1 Å². The molecule has 0 aromatic heterocycles. The smallest absolute Gasteiger partial charge is 0.310 e. The average Bonchev–Trinajstić information content (AvgIpc) is 2.52. The summed E-state index contributed by atoms with van der Waals surface area (Å²) in [4.78, 5) is 24.5. The Balaban J connectivity index is 1.99. The van der Waals surface area contributed by atoms with Gasteiger partial charge in [0.25, 0.3) is 5.91 Å². The van der Waals surface area contributed by atoms with Gasteiger partial charge in [-0.25, -0.2) is 0 Å². The first kappa shape index (κ1) is 15.3. The topological polar surface area (TPSA) is 72.7 Å². The van der Waals surface area contributed by atoms with Crippen LogP contribution in [0.25, 0.3) is 0 Å². The zero-order chi connectivity index (χ0) is 15.2. The lowest BCUT2D eigenvalue weighted by molar-refractivity contribution is -0.385. The average molecular weight is 292 g/mol. The number of para-hydroxylation sites is 2. The molecule has 0 saturated carbocycles. The first-order valence-corrected chi connectivity index (χ1v) is 7.29. The summed E-state index contributed by atoms with van der Waals surface area (Å²) in [5.74, 6) is 0.0422. The number of carbonyl (C=O) groups is 1. The number of nitro groups is 1. The predicted molar refractivity (Wildman–Crippen MR) is 78.2 cm³/mol. The van der Waals surface area contributed by atoms with Gasteiger partial charge in [0.15, 0.2) is 12.4 Å². The number of nitro benzene ring substituents is 1. The zero-order valence-corrected chi connectivity index (χ0v) is 12.2. The lowest BCUT2D eigenvalue weighted by atomic mass is 10.00. The van der Waals surface area contributed by atoms with Gasteiger partial charge in [-0.15, -0.1) is 0 Å². The minimum Gasteiger partial charge on any atom is -0.477 e. The molecule has 2 rings (SSSR count). The number of carbonyl (C=O) groups excluding carboxylic acids is 1. The molecule has 1 heterocycles. The second-order valence-electron chi connectivity index (χ2n) is 5.16. The SMILES string of the molecule is CC[C@@H]1CCCCN1C(=O)COc1ccccc1[N+](=O)[O-]. The van der Waals surface area contributed by atoms with Crippen LogP contribution in [-0.2, 0) is 4.79 Å². The number of likely N-dealkylation sites (tertiary alicyclic amines) is 1. The van der Waals surface area contributed by atoms with Crippen molar-refractivity contribution in [2.24, 2.45) is 0 Å². The lowest BCUT2D eigenvalue weighted by Crippen LogP contribution is -2.45. The van der Waals surface area contributed by atoms with E-state index in [1.54, 1.807) is 12.1 Å². The maximum atomic E-state index is 12.3. The molecule has 0 N–H and O–H groups in total. The predicted octanol–water partition coefficient (Wildman–Crippen LogP) is 2.76. The summed E-state index contributed by atoms with van der Waals surface area (Å²) in [6, 6.07) is 6.38. The summed E-state index contributed by atoms with van der Waals surface area (Å²) in [5.41, 5.74) is -0.115. The summed E-state index contributed by atoms with van der Waals surface area (Å²) in [7, 11) is 0. The third kappa shape index (κ3) is 3.71. The van der Waals surface area contributed by atoms with E-state index in [1.807, 2.05) is 4.90 Å². The van der Waals surface area contributed by atoms with E-state index in [2.05, 4.69) is 6.92 Å². The van der Waals surface area contributed by atoms with Gasteiger partial charge in [-0.05, 0) is 31.7 Å². The first-order valence-electron chi connectivity index (χ1n) is 7.29. The van der Waals surface area contributed by atoms with Gasteiger partial charge in [0.2, 0.25) is 0 Å². The first-order chi connectivity index (χ1) is 10.1. The Hall–Kier alpha value is -2.11. The highest BCUT2D eigenvalue weighted by Gasteiger charge is 2.26. The number of amides is 1. The number of hydrogen-bond acceptors (Lipinski definition) is 4. The molecule has 1 fully saturated rings. The molecule has 6 heteroatoms. The molecule has 114 valence electrons. The van der Waals surface area contributed by atoms with Crippen LogP contribution in [0.2, 0.25) is 0 Å². The van der Waals surface area contributed by atoms with Crippen LogP contribution >= 0.6 is 0 Å². The number of rotatable bonds is 5. The molecule has 1 aromatic rings. The number of benzene rings is 1. The van der Waals surface area contributed by atoms with Gasteiger partial charge in [0.1, 0.15) is 0 Å². The molecule has 6 nitrogen and oxygen atoms in total. The van der Waals surface area contributed by atoms with E-state index in [4.69, 9.17) is 4.74 Å². The molecular weight excluding hydrogens is 272 g/mol.